The van der Waals surface area contributed by atoms with Crippen LogP contribution in [0.3, 0.4) is 0 Å². The van der Waals surface area contributed by atoms with E-state index < -0.39 is 37.6 Å². The summed E-state index contributed by atoms with van der Waals surface area (Å²) in [5, 5.41) is 40.9. The van der Waals surface area contributed by atoms with Crippen LogP contribution in [0.2, 0.25) is 5.02 Å². The molecule has 0 bridgehead atoms. The lowest BCUT2D eigenvalue weighted by atomic mass is 10.2. The molecule has 24 heavy (non-hydrogen) atoms. The number of halogens is 1. The smallest absolute Gasteiger partial charge is 0.324 e. The van der Waals surface area contributed by atoms with Crippen molar-refractivity contribution in [2.45, 2.75) is 0 Å². The molecule has 0 heterocycles. The fraction of sp³-hybridized carbons (Fsp3) is 0. The number of rotatable bonds is 3. The van der Waals surface area contributed by atoms with Gasteiger partial charge in [-0.15, -0.1) is 0 Å². The van der Waals surface area contributed by atoms with Gasteiger partial charge in [0.1, 0.15) is 0 Å². The first-order chi connectivity index (χ1) is 11.1. The molecule has 2 aromatic rings. The van der Waals surface area contributed by atoms with Crippen molar-refractivity contribution in [1.82, 2.24) is 0 Å². The summed E-state index contributed by atoms with van der Waals surface area (Å²) >= 11 is 5.56. The van der Waals surface area contributed by atoms with Gasteiger partial charge in [0, 0.05) is 10.7 Å². The molecule has 0 aliphatic rings. The molecule has 11 nitrogen and oxygen atoms in total. The Labute approximate surface area is 138 Å². The minimum atomic E-state index is -1.21. The maximum atomic E-state index is 10.4. The van der Waals surface area contributed by atoms with Gasteiger partial charge in [-0.1, -0.05) is 17.7 Å². The third-order valence-electron chi connectivity index (χ3n) is 2.51. The molecule has 0 radical (unpaired) electrons. The Morgan fingerprint density at radius 2 is 1.42 bits per heavy atom. The molecule has 0 saturated heterocycles. The summed E-state index contributed by atoms with van der Waals surface area (Å²) in [6.45, 7) is 0. The van der Waals surface area contributed by atoms with Crippen LogP contribution in [0.1, 0.15) is 0 Å². The number of nitrogens with two attached hydrogens (primary N) is 1. The Morgan fingerprint density at radius 3 is 1.71 bits per heavy atom. The third kappa shape index (κ3) is 4.78. The van der Waals surface area contributed by atoms with Crippen LogP contribution in [0.4, 0.5) is 22.7 Å². The molecule has 0 aliphatic heterocycles. The number of nitrogens with zero attached hydrogens (tertiary/aromatic N) is 3. The first-order valence-corrected chi connectivity index (χ1v) is 6.32. The highest BCUT2D eigenvalue weighted by molar-refractivity contribution is 6.30. The molecule has 0 fully saturated rings. The monoisotopic (exact) mass is 356 g/mol. The minimum Gasteiger partial charge on any atom is -0.497 e. The fourth-order valence-corrected chi connectivity index (χ4v) is 1.68. The van der Waals surface area contributed by atoms with E-state index in [9.17, 15) is 30.3 Å². The molecule has 2 aromatic carbocycles. The number of nitrogen functional groups attached to an aromatic ring is 1. The van der Waals surface area contributed by atoms with Crippen molar-refractivity contribution in [3.63, 3.8) is 0 Å². The molecule has 0 aliphatic carbocycles. The normalized spacial score (nSPS) is 9.54. The summed E-state index contributed by atoms with van der Waals surface area (Å²) in [5.41, 5.74) is 3.08. The summed E-state index contributed by atoms with van der Waals surface area (Å²) < 4.78 is 0. The summed E-state index contributed by atoms with van der Waals surface area (Å²) in [5.74, 6) is -1.21. The van der Waals surface area contributed by atoms with E-state index in [1.165, 1.54) is 0 Å². The average molecular weight is 357 g/mol. The lowest BCUT2D eigenvalue weighted by Crippen LogP contribution is -1.97. The van der Waals surface area contributed by atoms with Crippen molar-refractivity contribution in [2.75, 3.05) is 5.73 Å². The van der Waals surface area contributed by atoms with Gasteiger partial charge in [0.2, 0.25) is 0 Å². The predicted molar refractivity (Wildman–Crippen MR) is 83.9 cm³/mol. The average Bonchev–Trinajstić information content (AvgIpc) is 2.46. The van der Waals surface area contributed by atoms with E-state index in [-0.39, 0.29) is 0 Å². The number of anilines is 1. The number of nitro groups is 3. The first kappa shape index (κ1) is 18.6. The summed E-state index contributed by atoms with van der Waals surface area (Å²) in [6.07, 6.45) is 0. The van der Waals surface area contributed by atoms with E-state index in [1.54, 1.807) is 18.2 Å². The Balaban J connectivity index is 0.000000300. The lowest BCUT2D eigenvalue weighted by molar-refractivity contribution is -0.404. The van der Waals surface area contributed by atoms with E-state index in [2.05, 4.69) is 0 Å². The van der Waals surface area contributed by atoms with Gasteiger partial charge in [0.05, 0.1) is 26.9 Å². The number of hydrogen-bond donors (Lipinski definition) is 2. The van der Waals surface area contributed by atoms with Crippen LogP contribution in [0.5, 0.6) is 5.75 Å². The lowest BCUT2D eigenvalue weighted by Gasteiger charge is -1.97. The second kappa shape index (κ2) is 7.69. The summed E-state index contributed by atoms with van der Waals surface area (Å²) in [4.78, 5) is 27.8. The zero-order valence-electron chi connectivity index (χ0n) is 11.7. The van der Waals surface area contributed by atoms with E-state index in [0.717, 1.165) is 0 Å². The largest absolute Gasteiger partial charge is 0.497 e. The molecule has 3 N–H and O–H groups in total. The van der Waals surface area contributed by atoms with Crippen molar-refractivity contribution < 1.29 is 19.9 Å². The number of non-ortho nitro benzene ring substituents is 1. The van der Waals surface area contributed by atoms with Crippen LogP contribution in [-0.4, -0.2) is 19.9 Å². The van der Waals surface area contributed by atoms with E-state index in [4.69, 9.17) is 22.4 Å². The van der Waals surface area contributed by atoms with Gasteiger partial charge < -0.3 is 10.8 Å². The Morgan fingerprint density at radius 1 is 0.917 bits per heavy atom. The minimum absolute atomic E-state index is 0.447. The van der Waals surface area contributed by atoms with Crippen LogP contribution < -0.4 is 5.73 Å². The highest BCUT2D eigenvalue weighted by Gasteiger charge is 2.30. The second-order valence-electron chi connectivity index (χ2n) is 4.16. The maximum absolute atomic E-state index is 10.4. The van der Waals surface area contributed by atoms with E-state index in [0.29, 0.717) is 22.8 Å². The number of phenolic OH excluding ortho intramolecular Hbond substituents is 1. The third-order valence-corrected chi connectivity index (χ3v) is 2.74. The van der Waals surface area contributed by atoms with Gasteiger partial charge in [0.15, 0.2) is 0 Å². The maximum Gasteiger partial charge on any atom is 0.324 e. The topological polar surface area (TPSA) is 176 Å². The highest BCUT2D eigenvalue weighted by Crippen LogP contribution is 2.38. The molecular formula is C12H9ClN4O7. The zero-order chi connectivity index (χ0) is 18.4. The molecular weight excluding hydrogens is 348 g/mol. The number of phenols is 1. The molecule has 0 spiro atoms. The Hall–Kier alpha value is -3.47. The quantitative estimate of drug-likeness (QED) is 0.478. The van der Waals surface area contributed by atoms with Gasteiger partial charge in [-0.3, -0.25) is 30.3 Å². The Bertz CT molecular complexity index is 759. The van der Waals surface area contributed by atoms with Crippen molar-refractivity contribution in [1.29, 1.82) is 0 Å². The molecule has 12 heteroatoms. The number of benzene rings is 2. The first-order valence-electron chi connectivity index (χ1n) is 5.94. The fourth-order valence-electron chi connectivity index (χ4n) is 1.48. The van der Waals surface area contributed by atoms with Crippen molar-refractivity contribution >= 4 is 34.4 Å². The molecule has 0 unspecified atom stereocenters. The molecule has 0 saturated carbocycles. The predicted octanol–water partition coefficient (Wildman–Crippen LogP) is 3.04. The van der Waals surface area contributed by atoms with E-state index in [1.807, 2.05) is 6.07 Å². The Kier molecular flexibility index (Phi) is 5.95. The summed E-state index contributed by atoms with van der Waals surface area (Å²) in [6, 6.07) is 8.01. The molecule has 0 atom stereocenters. The van der Waals surface area contributed by atoms with Crippen LogP contribution in [-0.2, 0) is 0 Å². The zero-order valence-corrected chi connectivity index (χ0v) is 12.4. The van der Waals surface area contributed by atoms with Crippen molar-refractivity contribution in [3.8, 4) is 5.75 Å². The number of hydrogen-bond acceptors (Lipinski definition) is 8. The molecule has 0 amide bonds. The van der Waals surface area contributed by atoms with Crippen LogP contribution in [0, 0.1) is 30.3 Å². The van der Waals surface area contributed by atoms with Crippen molar-refractivity contribution in [2.24, 2.45) is 0 Å². The molecule has 0 aromatic heterocycles. The summed E-state index contributed by atoms with van der Waals surface area (Å²) in [7, 11) is 0. The highest BCUT2D eigenvalue weighted by atomic mass is 35.5. The van der Waals surface area contributed by atoms with E-state index >= 15 is 0 Å². The molecule has 2 rings (SSSR count). The van der Waals surface area contributed by atoms with Crippen LogP contribution in [0.25, 0.3) is 0 Å². The molecule has 126 valence electrons. The van der Waals surface area contributed by atoms with Crippen molar-refractivity contribution in [3.05, 3.63) is 71.8 Å². The van der Waals surface area contributed by atoms with Crippen LogP contribution >= 0.6 is 11.6 Å². The van der Waals surface area contributed by atoms with Gasteiger partial charge >= 0.3 is 11.4 Å². The standard InChI is InChI=1S/C6H6ClN.C6H3N3O7/c7-5-2-1-3-6(8)4-5;10-6-4(8(13)14)1-3(7(11)12)2-5(6)9(15)16/h1-4H,8H2;1-2,10H. The van der Waals surface area contributed by atoms with Gasteiger partial charge in [0.25, 0.3) is 11.4 Å². The SMILES string of the molecule is Nc1cccc(Cl)c1.O=[N+]([O-])c1cc([N+](=O)[O-])c(O)c([N+](=O)[O-])c1. The number of nitro benzene ring substituents is 3. The van der Waals surface area contributed by atoms with Gasteiger partial charge in [-0.25, -0.2) is 0 Å². The van der Waals surface area contributed by atoms with Gasteiger partial charge in [-0.05, 0) is 18.2 Å². The van der Waals surface area contributed by atoms with Crippen LogP contribution in [0.15, 0.2) is 36.4 Å². The second-order valence-corrected chi connectivity index (χ2v) is 4.60. The van der Waals surface area contributed by atoms with Gasteiger partial charge in [-0.2, -0.15) is 0 Å². The number of aromatic hydroxyl groups is 1.